The lowest BCUT2D eigenvalue weighted by molar-refractivity contribution is 0.0396. The lowest BCUT2D eigenvalue weighted by atomic mass is 9.87. The summed E-state index contributed by atoms with van der Waals surface area (Å²) in [6, 6.07) is 11.9. The molecule has 0 aliphatic heterocycles. The molecule has 0 bridgehead atoms. The molecule has 4 rings (SSSR count). The number of carbonyl (C=O) groups excluding carboxylic acids is 2. The molecule has 1 heterocycles. The number of nitrogens with zero attached hydrogens (tertiary/aromatic N) is 1. The summed E-state index contributed by atoms with van der Waals surface area (Å²) >= 11 is 6.01. The lowest BCUT2D eigenvalue weighted by Crippen LogP contribution is -2.44. The number of urea groups is 1. The molecule has 40 heavy (non-hydrogen) atoms. The topological polar surface area (TPSA) is 124 Å². The Kier molecular flexibility index (Phi) is 8.37. The molecule has 4 N–H and O–H groups in total. The third kappa shape index (κ3) is 6.89. The van der Waals surface area contributed by atoms with Crippen molar-refractivity contribution >= 4 is 23.4 Å². The molecule has 0 spiro atoms. The number of aliphatic hydroxyl groups is 1. The molecule has 1 atom stereocenters. The highest BCUT2D eigenvalue weighted by atomic mass is 35.5. The fourth-order valence-corrected chi connectivity index (χ4v) is 4.46. The summed E-state index contributed by atoms with van der Waals surface area (Å²) < 4.78 is 25.1. The third-order valence-corrected chi connectivity index (χ3v) is 7.18. The number of pyridine rings is 1. The smallest absolute Gasteiger partial charge is 0.312 e. The molecule has 1 fully saturated rings. The number of hydrogen-bond acceptors (Lipinski definition) is 6. The van der Waals surface area contributed by atoms with E-state index in [4.69, 9.17) is 26.8 Å². The van der Waals surface area contributed by atoms with Crippen LogP contribution in [0.1, 0.15) is 68.1 Å². The molecule has 1 aliphatic carbocycles. The van der Waals surface area contributed by atoms with E-state index in [2.05, 4.69) is 10.3 Å². The highest BCUT2D eigenvalue weighted by Crippen LogP contribution is 2.36. The zero-order valence-corrected chi connectivity index (χ0v) is 23.6. The number of primary amides is 1. The van der Waals surface area contributed by atoms with E-state index in [1.54, 1.807) is 51.1 Å². The predicted octanol–water partition coefficient (Wildman–Crippen LogP) is 5.86. The maximum atomic E-state index is 13.8. The van der Waals surface area contributed by atoms with Crippen molar-refractivity contribution in [1.82, 2.24) is 10.3 Å². The Morgan fingerprint density at radius 2 is 1.85 bits per heavy atom. The van der Waals surface area contributed by atoms with Crippen LogP contribution in [0.4, 0.5) is 9.18 Å². The Hall–Kier alpha value is -3.69. The number of rotatable bonds is 11. The van der Waals surface area contributed by atoms with Gasteiger partial charge in [0.15, 0.2) is 17.3 Å². The maximum Gasteiger partial charge on any atom is 0.312 e. The summed E-state index contributed by atoms with van der Waals surface area (Å²) in [4.78, 5) is 29.4. The van der Waals surface area contributed by atoms with Crippen LogP contribution in [0.5, 0.6) is 11.5 Å². The minimum absolute atomic E-state index is 0.0194. The first-order chi connectivity index (χ1) is 18.8. The molecule has 1 unspecified atom stereocenters. The van der Waals surface area contributed by atoms with Gasteiger partial charge in [-0.15, -0.1) is 0 Å². The van der Waals surface area contributed by atoms with Crippen molar-refractivity contribution in [2.45, 2.75) is 63.7 Å². The zero-order chi connectivity index (χ0) is 29.2. The number of nitrogens with one attached hydrogen (secondary N) is 1. The van der Waals surface area contributed by atoms with Gasteiger partial charge < -0.3 is 25.6 Å². The van der Waals surface area contributed by atoms with E-state index in [9.17, 15) is 19.1 Å². The SMILES string of the molecule is COc1cc(C(=O)CCC(C)(O)c2cc(C(C)(C)NC(N)=O)cc(-c3ccc(F)c(Cl)c3)n2)ccc1OC1CC1. The van der Waals surface area contributed by atoms with E-state index in [0.29, 0.717) is 33.9 Å². The number of amides is 2. The number of halogens is 2. The molecule has 8 nitrogen and oxygen atoms in total. The second-order valence-electron chi connectivity index (χ2n) is 10.7. The van der Waals surface area contributed by atoms with Gasteiger partial charge in [0.1, 0.15) is 11.4 Å². The number of ether oxygens (including phenoxy) is 2. The van der Waals surface area contributed by atoms with Crippen LogP contribution >= 0.6 is 11.6 Å². The first kappa shape index (κ1) is 29.3. The molecule has 1 saturated carbocycles. The molecule has 3 aromatic rings. The number of nitrogens with two attached hydrogens (primary N) is 1. The largest absolute Gasteiger partial charge is 0.493 e. The van der Waals surface area contributed by atoms with E-state index in [0.717, 1.165) is 12.8 Å². The molecular formula is C30H33ClFN3O5. The molecule has 2 amide bonds. The number of methoxy groups -OCH3 is 1. The van der Waals surface area contributed by atoms with E-state index >= 15 is 0 Å². The van der Waals surface area contributed by atoms with Gasteiger partial charge in [-0.05, 0) is 94.1 Å². The van der Waals surface area contributed by atoms with Crippen LogP contribution in [0, 0.1) is 5.82 Å². The van der Waals surface area contributed by atoms with Crippen LogP contribution in [0.3, 0.4) is 0 Å². The normalized spacial score (nSPS) is 14.8. The van der Waals surface area contributed by atoms with E-state index in [-0.39, 0.29) is 35.4 Å². The van der Waals surface area contributed by atoms with Gasteiger partial charge >= 0.3 is 6.03 Å². The van der Waals surface area contributed by atoms with Crippen LogP contribution in [0.25, 0.3) is 11.3 Å². The number of aromatic nitrogens is 1. The fourth-order valence-electron chi connectivity index (χ4n) is 4.28. The van der Waals surface area contributed by atoms with Gasteiger partial charge in [-0.2, -0.15) is 0 Å². The zero-order valence-electron chi connectivity index (χ0n) is 22.9. The Morgan fingerprint density at radius 1 is 1.12 bits per heavy atom. The Labute approximate surface area is 237 Å². The molecular weight excluding hydrogens is 537 g/mol. The summed E-state index contributed by atoms with van der Waals surface area (Å²) in [6.45, 7) is 5.07. The van der Waals surface area contributed by atoms with E-state index in [1.807, 2.05) is 0 Å². The van der Waals surface area contributed by atoms with Gasteiger partial charge in [-0.3, -0.25) is 4.79 Å². The molecule has 10 heteroatoms. The quantitative estimate of drug-likeness (QED) is 0.248. The molecule has 1 aliphatic rings. The average molecular weight is 570 g/mol. The number of benzene rings is 2. The van der Waals surface area contributed by atoms with Crippen LogP contribution in [-0.4, -0.2) is 35.1 Å². The van der Waals surface area contributed by atoms with E-state index in [1.165, 1.54) is 25.3 Å². The highest BCUT2D eigenvalue weighted by molar-refractivity contribution is 6.31. The van der Waals surface area contributed by atoms with Crippen molar-refractivity contribution in [3.63, 3.8) is 0 Å². The minimum atomic E-state index is -1.54. The summed E-state index contributed by atoms with van der Waals surface area (Å²) in [5.74, 6) is 0.307. The maximum absolute atomic E-state index is 13.8. The molecule has 0 radical (unpaired) electrons. The van der Waals surface area contributed by atoms with Gasteiger partial charge in [0.25, 0.3) is 0 Å². The van der Waals surface area contributed by atoms with Crippen LogP contribution in [0.15, 0.2) is 48.5 Å². The number of carbonyl (C=O) groups is 2. The van der Waals surface area contributed by atoms with Gasteiger partial charge in [-0.25, -0.2) is 14.2 Å². The van der Waals surface area contributed by atoms with Crippen LogP contribution in [-0.2, 0) is 11.1 Å². The van der Waals surface area contributed by atoms with Gasteiger partial charge in [-0.1, -0.05) is 11.6 Å². The van der Waals surface area contributed by atoms with Crippen molar-refractivity contribution in [3.05, 3.63) is 76.2 Å². The summed E-state index contributed by atoms with van der Waals surface area (Å²) in [5.41, 5.74) is 5.12. The second kappa shape index (κ2) is 11.4. The minimum Gasteiger partial charge on any atom is -0.493 e. The highest BCUT2D eigenvalue weighted by Gasteiger charge is 2.31. The average Bonchev–Trinajstić information content (AvgIpc) is 3.72. The number of Topliss-reactive ketones (excluding diaryl/α,β-unsaturated/α-hetero) is 1. The lowest BCUT2D eigenvalue weighted by Gasteiger charge is -2.29. The molecule has 2 aromatic carbocycles. The van der Waals surface area contributed by atoms with Crippen LogP contribution in [0.2, 0.25) is 5.02 Å². The first-order valence-corrected chi connectivity index (χ1v) is 13.3. The number of hydrogen-bond donors (Lipinski definition) is 3. The molecule has 212 valence electrons. The van der Waals surface area contributed by atoms with Gasteiger partial charge in [0, 0.05) is 17.5 Å². The Bertz CT molecular complexity index is 1440. The Balaban J connectivity index is 1.62. The monoisotopic (exact) mass is 569 g/mol. The second-order valence-corrected chi connectivity index (χ2v) is 11.2. The standard InChI is InChI=1S/C30H33ClFN3O5/c1-29(2,35-28(33)37)19-15-23(17-5-9-22(32)21(31)13-17)34-27(16-19)30(3,38)12-11-24(36)18-6-10-25(26(14-18)39-4)40-20-7-8-20/h5-6,9-10,13-16,20,38H,7-8,11-12H2,1-4H3,(H3,33,35,37). The first-order valence-electron chi connectivity index (χ1n) is 13.0. The van der Waals surface area contributed by atoms with E-state index < -0.39 is 23.0 Å². The van der Waals surface area contributed by atoms with Gasteiger partial charge in [0.2, 0.25) is 0 Å². The van der Waals surface area contributed by atoms with Gasteiger partial charge in [0.05, 0.1) is 35.2 Å². The van der Waals surface area contributed by atoms with Crippen molar-refractivity contribution < 1.29 is 28.6 Å². The summed E-state index contributed by atoms with van der Waals surface area (Å²) in [7, 11) is 1.52. The predicted molar refractivity (Wildman–Crippen MR) is 150 cm³/mol. The Morgan fingerprint density at radius 3 is 2.48 bits per heavy atom. The van der Waals surface area contributed by atoms with Crippen LogP contribution < -0.4 is 20.5 Å². The van der Waals surface area contributed by atoms with Crippen molar-refractivity contribution in [1.29, 1.82) is 0 Å². The number of ketones is 1. The van der Waals surface area contributed by atoms with Crippen molar-refractivity contribution in [2.24, 2.45) is 5.73 Å². The van der Waals surface area contributed by atoms with Crippen molar-refractivity contribution in [3.8, 4) is 22.8 Å². The summed E-state index contributed by atoms with van der Waals surface area (Å²) in [6.07, 6.45) is 2.26. The molecule has 1 aromatic heterocycles. The fraction of sp³-hybridized carbons (Fsp3) is 0.367. The third-order valence-electron chi connectivity index (χ3n) is 6.89. The van der Waals surface area contributed by atoms with Crippen molar-refractivity contribution in [2.75, 3.05) is 7.11 Å². The molecule has 0 saturated heterocycles. The summed E-state index contributed by atoms with van der Waals surface area (Å²) in [5, 5.41) is 14.1.